The van der Waals surface area contributed by atoms with Crippen molar-refractivity contribution >= 4 is 27.6 Å². The predicted octanol–water partition coefficient (Wildman–Crippen LogP) is 3.75. The molecule has 0 radical (unpaired) electrons. The molecule has 0 aliphatic rings. The second-order valence-corrected chi connectivity index (χ2v) is 4.94. The van der Waals surface area contributed by atoms with Gasteiger partial charge in [-0.2, -0.15) is 0 Å². The molecule has 1 aromatic heterocycles. The Morgan fingerprint density at radius 1 is 1.42 bits per heavy atom. The van der Waals surface area contributed by atoms with Crippen molar-refractivity contribution in [3.05, 3.63) is 51.9 Å². The summed E-state index contributed by atoms with van der Waals surface area (Å²) in [6, 6.07) is 7.73. The van der Waals surface area contributed by atoms with Gasteiger partial charge in [-0.05, 0) is 36.8 Å². The van der Waals surface area contributed by atoms with Crippen LogP contribution in [-0.4, -0.2) is 13.1 Å². The zero-order chi connectivity index (χ0) is 13.8. The Kier molecular flexibility index (Phi) is 4.27. The summed E-state index contributed by atoms with van der Waals surface area (Å²) in [5.74, 6) is -0.224. The molecule has 0 aliphatic carbocycles. The van der Waals surface area contributed by atoms with E-state index in [1.165, 1.54) is 13.4 Å². The molecule has 2 aromatic rings. The lowest BCUT2D eigenvalue weighted by Crippen LogP contribution is -2.06. The SMILES string of the molecule is COC(=O)c1occc1CNc1ccc(Br)c(C)c1. The molecule has 4 nitrogen and oxygen atoms in total. The van der Waals surface area contributed by atoms with E-state index in [9.17, 15) is 4.79 Å². The topological polar surface area (TPSA) is 51.5 Å². The van der Waals surface area contributed by atoms with Crippen molar-refractivity contribution in [1.29, 1.82) is 0 Å². The monoisotopic (exact) mass is 323 g/mol. The summed E-state index contributed by atoms with van der Waals surface area (Å²) in [7, 11) is 1.33. The van der Waals surface area contributed by atoms with Gasteiger partial charge in [-0.3, -0.25) is 0 Å². The number of hydrogen-bond donors (Lipinski definition) is 1. The molecular formula is C14H14BrNO3. The van der Waals surface area contributed by atoms with Gasteiger partial charge in [0.05, 0.1) is 13.4 Å². The van der Waals surface area contributed by atoms with E-state index < -0.39 is 5.97 Å². The minimum absolute atomic E-state index is 0.240. The lowest BCUT2D eigenvalue weighted by atomic mass is 10.2. The molecule has 1 N–H and O–H groups in total. The first-order valence-electron chi connectivity index (χ1n) is 5.76. The molecule has 0 fully saturated rings. The van der Waals surface area contributed by atoms with E-state index in [0.717, 1.165) is 21.3 Å². The van der Waals surface area contributed by atoms with Crippen LogP contribution in [-0.2, 0) is 11.3 Å². The van der Waals surface area contributed by atoms with Crippen molar-refractivity contribution in [3.63, 3.8) is 0 Å². The van der Waals surface area contributed by atoms with Crippen molar-refractivity contribution in [2.45, 2.75) is 13.5 Å². The van der Waals surface area contributed by atoms with Crippen molar-refractivity contribution in [2.75, 3.05) is 12.4 Å². The van der Waals surface area contributed by atoms with Crippen LogP contribution in [0.1, 0.15) is 21.7 Å². The third kappa shape index (κ3) is 3.17. The highest BCUT2D eigenvalue weighted by molar-refractivity contribution is 9.10. The zero-order valence-electron chi connectivity index (χ0n) is 10.7. The first kappa shape index (κ1) is 13.7. The van der Waals surface area contributed by atoms with Gasteiger partial charge in [-0.15, -0.1) is 0 Å². The van der Waals surface area contributed by atoms with Gasteiger partial charge in [0.25, 0.3) is 0 Å². The quantitative estimate of drug-likeness (QED) is 0.870. The van der Waals surface area contributed by atoms with Crippen LogP contribution < -0.4 is 5.32 Å². The average Bonchev–Trinajstić information content (AvgIpc) is 2.87. The summed E-state index contributed by atoms with van der Waals surface area (Å²) in [5.41, 5.74) is 2.90. The van der Waals surface area contributed by atoms with E-state index in [-0.39, 0.29) is 5.76 Å². The Morgan fingerprint density at radius 3 is 2.89 bits per heavy atom. The molecule has 2 rings (SSSR count). The van der Waals surface area contributed by atoms with Crippen LogP contribution >= 0.6 is 15.9 Å². The van der Waals surface area contributed by atoms with E-state index in [4.69, 9.17) is 4.42 Å². The molecule has 0 saturated heterocycles. The third-order valence-electron chi connectivity index (χ3n) is 2.76. The van der Waals surface area contributed by atoms with E-state index in [0.29, 0.717) is 6.54 Å². The molecule has 0 unspecified atom stereocenters. The highest BCUT2D eigenvalue weighted by Crippen LogP contribution is 2.21. The number of halogens is 1. The number of anilines is 1. The number of hydrogen-bond acceptors (Lipinski definition) is 4. The normalized spacial score (nSPS) is 10.3. The predicted molar refractivity (Wildman–Crippen MR) is 76.3 cm³/mol. The number of esters is 1. The van der Waals surface area contributed by atoms with Gasteiger partial charge >= 0.3 is 5.97 Å². The molecule has 0 atom stereocenters. The van der Waals surface area contributed by atoms with E-state index in [1.807, 2.05) is 25.1 Å². The number of ether oxygens (including phenoxy) is 1. The van der Waals surface area contributed by atoms with E-state index >= 15 is 0 Å². The number of nitrogens with one attached hydrogen (secondary N) is 1. The molecular weight excluding hydrogens is 310 g/mol. The van der Waals surface area contributed by atoms with Gasteiger partial charge in [0, 0.05) is 22.3 Å². The van der Waals surface area contributed by atoms with Crippen LogP contribution in [0, 0.1) is 6.92 Å². The van der Waals surface area contributed by atoms with Crippen molar-refractivity contribution in [2.24, 2.45) is 0 Å². The molecule has 19 heavy (non-hydrogen) atoms. The maximum absolute atomic E-state index is 11.5. The minimum atomic E-state index is -0.464. The highest BCUT2D eigenvalue weighted by atomic mass is 79.9. The standard InChI is InChI=1S/C14H14BrNO3/c1-9-7-11(3-4-12(9)15)16-8-10-5-6-19-13(10)14(17)18-2/h3-7,16H,8H2,1-2H3. The van der Waals surface area contributed by atoms with Gasteiger partial charge < -0.3 is 14.5 Å². The average molecular weight is 324 g/mol. The fourth-order valence-electron chi connectivity index (χ4n) is 1.70. The zero-order valence-corrected chi connectivity index (χ0v) is 12.3. The Labute approximate surface area is 119 Å². The van der Waals surface area contributed by atoms with Gasteiger partial charge in [0.15, 0.2) is 0 Å². The van der Waals surface area contributed by atoms with Crippen LogP contribution in [0.5, 0.6) is 0 Å². The second-order valence-electron chi connectivity index (χ2n) is 4.08. The summed E-state index contributed by atoms with van der Waals surface area (Å²) in [4.78, 5) is 11.5. The van der Waals surface area contributed by atoms with Crippen molar-refractivity contribution in [3.8, 4) is 0 Å². The van der Waals surface area contributed by atoms with E-state index in [1.54, 1.807) is 6.07 Å². The summed E-state index contributed by atoms with van der Waals surface area (Å²) in [6.45, 7) is 2.52. The molecule has 1 heterocycles. The number of methoxy groups -OCH3 is 1. The first-order valence-corrected chi connectivity index (χ1v) is 6.56. The number of benzene rings is 1. The smallest absolute Gasteiger partial charge is 0.374 e. The van der Waals surface area contributed by atoms with Gasteiger partial charge in [-0.1, -0.05) is 15.9 Å². The van der Waals surface area contributed by atoms with Gasteiger partial charge in [0.2, 0.25) is 5.76 Å². The van der Waals surface area contributed by atoms with Crippen molar-refractivity contribution in [1.82, 2.24) is 0 Å². The largest absolute Gasteiger partial charge is 0.463 e. The molecule has 0 bridgehead atoms. The minimum Gasteiger partial charge on any atom is -0.463 e. The lowest BCUT2D eigenvalue weighted by Gasteiger charge is -2.08. The first-order chi connectivity index (χ1) is 9.11. The molecule has 5 heteroatoms. The highest BCUT2D eigenvalue weighted by Gasteiger charge is 2.15. The number of rotatable bonds is 4. The molecule has 0 spiro atoms. The summed E-state index contributed by atoms with van der Waals surface area (Å²) >= 11 is 3.46. The van der Waals surface area contributed by atoms with Crippen LogP contribution in [0.3, 0.4) is 0 Å². The van der Waals surface area contributed by atoms with Crippen molar-refractivity contribution < 1.29 is 13.9 Å². The number of furan rings is 1. The van der Waals surface area contributed by atoms with Crippen LogP contribution in [0.4, 0.5) is 5.69 Å². The van der Waals surface area contributed by atoms with E-state index in [2.05, 4.69) is 26.0 Å². The molecule has 0 amide bonds. The lowest BCUT2D eigenvalue weighted by molar-refractivity contribution is 0.0563. The number of aryl methyl sites for hydroxylation is 1. The number of carbonyl (C=O) groups excluding carboxylic acids is 1. The summed E-state index contributed by atoms with van der Waals surface area (Å²) < 4.78 is 10.8. The fourth-order valence-corrected chi connectivity index (χ4v) is 1.95. The molecule has 0 aliphatic heterocycles. The Morgan fingerprint density at radius 2 is 2.21 bits per heavy atom. The maximum atomic E-state index is 11.5. The van der Waals surface area contributed by atoms with Gasteiger partial charge in [-0.25, -0.2) is 4.79 Å². The molecule has 100 valence electrons. The fraction of sp³-hybridized carbons (Fsp3) is 0.214. The second kappa shape index (κ2) is 5.93. The maximum Gasteiger partial charge on any atom is 0.374 e. The Bertz CT molecular complexity index is 592. The molecule has 1 aromatic carbocycles. The Hall–Kier alpha value is -1.75. The van der Waals surface area contributed by atoms with Gasteiger partial charge in [0.1, 0.15) is 0 Å². The Balaban J connectivity index is 2.08. The molecule has 0 saturated carbocycles. The summed E-state index contributed by atoms with van der Waals surface area (Å²) in [5, 5.41) is 3.25. The number of carbonyl (C=O) groups is 1. The van der Waals surface area contributed by atoms with Crippen LogP contribution in [0.25, 0.3) is 0 Å². The van der Waals surface area contributed by atoms with Crippen LogP contribution in [0.2, 0.25) is 0 Å². The van der Waals surface area contributed by atoms with Crippen LogP contribution in [0.15, 0.2) is 39.4 Å². The summed E-state index contributed by atoms with van der Waals surface area (Å²) in [6.07, 6.45) is 1.48. The third-order valence-corrected chi connectivity index (χ3v) is 3.65.